The highest BCUT2D eigenvalue weighted by molar-refractivity contribution is 5.80. The molecule has 0 spiro atoms. The first-order valence-electron chi connectivity index (χ1n) is 9.43. The number of aliphatic imine (C=N–C) groups is 1. The molecule has 2 aliphatic heterocycles. The fourth-order valence-electron chi connectivity index (χ4n) is 4.18. The Morgan fingerprint density at radius 3 is 2.52 bits per heavy atom. The number of nitrogens with one attached hydrogen (secondary N) is 1. The zero-order valence-corrected chi connectivity index (χ0v) is 15.9. The van der Waals surface area contributed by atoms with Gasteiger partial charge in [0.05, 0.1) is 0 Å². The van der Waals surface area contributed by atoms with Gasteiger partial charge in [-0.1, -0.05) is 26.7 Å². The summed E-state index contributed by atoms with van der Waals surface area (Å²) in [6, 6.07) is 0.572. The molecule has 1 N–H and O–H groups in total. The van der Waals surface area contributed by atoms with Crippen molar-refractivity contribution in [1.82, 2.24) is 20.0 Å². The Hall–Kier alpha value is -0.810. The summed E-state index contributed by atoms with van der Waals surface area (Å²) in [6.07, 6.45) is 3.93. The third-order valence-electron chi connectivity index (χ3n) is 5.93. The van der Waals surface area contributed by atoms with Gasteiger partial charge in [0.1, 0.15) is 0 Å². The maximum atomic E-state index is 4.54. The molecule has 0 radical (unpaired) electrons. The van der Waals surface area contributed by atoms with Crippen molar-refractivity contribution in [2.75, 3.05) is 60.4 Å². The minimum absolute atomic E-state index is 0.572. The molecule has 2 saturated heterocycles. The predicted octanol–water partition coefficient (Wildman–Crippen LogP) is 1.57. The van der Waals surface area contributed by atoms with E-state index in [1.807, 2.05) is 7.05 Å². The van der Waals surface area contributed by atoms with E-state index in [9.17, 15) is 0 Å². The second-order valence-corrected chi connectivity index (χ2v) is 7.40. The van der Waals surface area contributed by atoms with Gasteiger partial charge in [-0.05, 0) is 32.4 Å². The topological polar surface area (TPSA) is 34.1 Å². The third-order valence-corrected chi connectivity index (χ3v) is 5.93. The summed E-state index contributed by atoms with van der Waals surface area (Å²) in [5.74, 6) is 2.81. The standard InChI is InChI=1S/C18H37N5/c1-6-15(7-2)16-8-9-23(13-16)18(19-3)20-12-17-14-21(4)10-11-22(17)5/h15-17H,6-14H2,1-5H3,(H,19,20). The smallest absolute Gasteiger partial charge is 0.193 e. The summed E-state index contributed by atoms with van der Waals surface area (Å²) in [6.45, 7) is 11.4. The molecule has 0 amide bonds. The molecule has 2 aliphatic rings. The van der Waals surface area contributed by atoms with E-state index in [-0.39, 0.29) is 0 Å². The summed E-state index contributed by atoms with van der Waals surface area (Å²) in [7, 11) is 6.38. The molecule has 0 saturated carbocycles. The molecule has 5 heteroatoms. The van der Waals surface area contributed by atoms with Gasteiger partial charge in [-0.15, -0.1) is 0 Å². The molecular formula is C18H37N5. The lowest BCUT2D eigenvalue weighted by Crippen LogP contribution is -2.55. The molecule has 23 heavy (non-hydrogen) atoms. The average Bonchev–Trinajstić information content (AvgIpc) is 3.02. The number of hydrogen-bond acceptors (Lipinski definition) is 3. The molecule has 0 aromatic heterocycles. The monoisotopic (exact) mass is 323 g/mol. The van der Waals surface area contributed by atoms with Crippen LogP contribution < -0.4 is 5.32 Å². The van der Waals surface area contributed by atoms with E-state index in [4.69, 9.17) is 0 Å². The van der Waals surface area contributed by atoms with Crippen LogP contribution in [0.1, 0.15) is 33.1 Å². The van der Waals surface area contributed by atoms with Crippen LogP contribution in [0.2, 0.25) is 0 Å². The van der Waals surface area contributed by atoms with Crippen LogP contribution in [-0.2, 0) is 0 Å². The van der Waals surface area contributed by atoms with E-state index in [2.05, 4.69) is 53.0 Å². The Bertz CT molecular complexity index is 380. The molecule has 2 rings (SSSR count). The largest absolute Gasteiger partial charge is 0.355 e. The van der Waals surface area contributed by atoms with Crippen LogP contribution in [0, 0.1) is 11.8 Å². The van der Waals surface area contributed by atoms with E-state index < -0.39 is 0 Å². The van der Waals surface area contributed by atoms with Gasteiger partial charge in [-0.3, -0.25) is 9.89 Å². The van der Waals surface area contributed by atoms with Gasteiger partial charge in [0.15, 0.2) is 5.96 Å². The minimum Gasteiger partial charge on any atom is -0.355 e. The van der Waals surface area contributed by atoms with Crippen molar-refractivity contribution < 1.29 is 0 Å². The van der Waals surface area contributed by atoms with Crippen molar-refractivity contribution in [3.05, 3.63) is 0 Å². The summed E-state index contributed by atoms with van der Waals surface area (Å²) in [5, 5.41) is 3.64. The van der Waals surface area contributed by atoms with Gasteiger partial charge in [0.25, 0.3) is 0 Å². The van der Waals surface area contributed by atoms with Crippen LogP contribution in [0.3, 0.4) is 0 Å². The van der Waals surface area contributed by atoms with Gasteiger partial charge in [-0.25, -0.2) is 0 Å². The zero-order chi connectivity index (χ0) is 16.8. The first-order valence-corrected chi connectivity index (χ1v) is 9.43. The Balaban J connectivity index is 1.84. The number of rotatable bonds is 5. The van der Waals surface area contributed by atoms with Crippen molar-refractivity contribution in [2.45, 2.75) is 39.2 Å². The zero-order valence-electron chi connectivity index (χ0n) is 15.9. The van der Waals surface area contributed by atoms with Gasteiger partial charge in [0, 0.05) is 52.4 Å². The highest BCUT2D eigenvalue weighted by atomic mass is 15.3. The second kappa shape index (κ2) is 8.88. The molecule has 134 valence electrons. The molecule has 0 aliphatic carbocycles. The van der Waals surface area contributed by atoms with Gasteiger partial charge in [-0.2, -0.15) is 0 Å². The van der Waals surface area contributed by atoms with Gasteiger partial charge >= 0.3 is 0 Å². The quantitative estimate of drug-likeness (QED) is 0.615. The van der Waals surface area contributed by atoms with Crippen molar-refractivity contribution in [2.24, 2.45) is 16.8 Å². The normalized spacial score (nSPS) is 27.9. The number of likely N-dealkylation sites (tertiary alicyclic amines) is 1. The van der Waals surface area contributed by atoms with Crippen LogP contribution in [-0.4, -0.2) is 87.1 Å². The number of hydrogen-bond donors (Lipinski definition) is 1. The number of piperazine rings is 1. The first kappa shape index (κ1) is 18.5. The summed E-state index contributed by atoms with van der Waals surface area (Å²) < 4.78 is 0. The van der Waals surface area contributed by atoms with E-state index >= 15 is 0 Å². The Morgan fingerprint density at radius 2 is 1.87 bits per heavy atom. The number of nitrogens with zero attached hydrogens (tertiary/aromatic N) is 4. The summed E-state index contributed by atoms with van der Waals surface area (Å²) in [5.41, 5.74) is 0. The fraction of sp³-hybridized carbons (Fsp3) is 0.944. The lowest BCUT2D eigenvalue weighted by Gasteiger charge is -2.38. The van der Waals surface area contributed by atoms with E-state index in [1.54, 1.807) is 0 Å². The van der Waals surface area contributed by atoms with E-state index in [1.165, 1.54) is 32.4 Å². The molecule has 0 aromatic rings. The predicted molar refractivity (Wildman–Crippen MR) is 99.0 cm³/mol. The minimum atomic E-state index is 0.572. The van der Waals surface area contributed by atoms with Crippen molar-refractivity contribution in [3.8, 4) is 0 Å². The molecule has 0 bridgehead atoms. The van der Waals surface area contributed by atoms with Crippen molar-refractivity contribution in [3.63, 3.8) is 0 Å². The molecule has 0 aromatic carbocycles. The van der Waals surface area contributed by atoms with Crippen LogP contribution in [0.25, 0.3) is 0 Å². The maximum Gasteiger partial charge on any atom is 0.193 e. The number of guanidine groups is 1. The molecule has 2 fully saturated rings. The molecule has 2 atom stereocenters. The summed E-state index contributed by atoms with van der Waals surface area (Å²) >= 11 is 0. The Kier molecular flexibility index (Phi) is 7.15. The fourth-order valence-corrected chi connectivity index (χ4v) is 4.18. The first-order chi connectivity index (χ1) is 11.1. The van der Waals surface area contributed by atoms with Gasteiger partial charge in [0.2, 0.25) is 0 Å². The van der Waals surface area contributed by atoms with Crippen molar-refractivity contribution >= 4 is 5.96 Å². The number of likely N-dealkylation sites (N-methyl/N-ethyl adjacent to an activating group) is 2. The third kappa shape index (κ3) is 4.83. The summed E-state index contributed by atoms with van der Waals surface area (Å²) in [4.78, 5) is 11.9. The average molecular weight is 324 g/mol. The SMILES string of the molecule is CCC(CC)C1CCN(C(=NC)NCC2CN(C)CCN2C)C1. The van der Waals surface area contributed by atoms with E-state index in [0.717, 1.165) is 44.0 Å². The molecular weight excluding hydrogens is 286 g/mol. The van der Waals surface area contributed by atoms with Crippen molar-refractivity contribution in [1.29, 1.82) is 0 Å². The highest BCUT2D eigenvalue weighted by Gasteiger charge is 2.30. The van der Waals surface area contributed by atoms with E-state index in [0.29, 0.717) is 6.04 Å². The van der Waals surface area contributed by atoms with Crippen LogP contribution >= 0.6 is 0 Å². The molecule has 2 heterocycles. The Morgan fingerprint density at radius 1 is 1.13 bits per heavy atom. The molecule has 5 nitrogen and oxygen atoms in total. The molecule has 2 unspecified atom stereocenters. The van der Waals surface area contributed by atoms with Crippen LogP contribution in [0.5, 0.6) is 0 Å². The Labute approximate surface area is 143 Å². The maximum absolute atomic E-state index is 4.54. The lowest BCUT2D eigenvalue weighted by atomic mass is 9.87. The van der Waals surface area contributed by atoms with Gasteiger partial charge < -0.3 is 15.1 Å². The lowest BCUT2D eigenvalue weighted by molar-refractivity contribution is 0.116. The van der Waals surface area contributed by atoms with Crippen LogP contribution in [0.4, 0.5) is 0 Å². The highest BCUT2D eigenvalue weighted by Crippen LogP contribution is 2.28. The van der Waals surface area contributed by atoms with Crippen LogP contribution in [0.15, 0.2) is 4.99 Å². The second-order valence-electron chi connectivity index (χ2n) is 7.40.